The molecule has 0 rings (SSSR count). The number of hydrogen-bond donors (Lipinski definition) is 3. The van der Waals surface area contributed by atoms with Crippen LogP contribution in [-0.2, 0) is 11.4 Å². The standard InChI is InChI=1S/H3N.H2O3S/c;1-4(2)3/h1H3;(H2,1,2,3). The summed E-state index contributed by atoms with van der Waals surface area (Å²) in [5.74, 6) is 0. The summed E-state index contributed by atoms with van der Waals surface area (Å²) in [6, 6.07) is 0. The van der Waals surface area contributed by atoms with Gasteiger partial charge in [0.25, 0.3) is 11.4 Å². The lowest BCUT2D eigenvalue weighted by atomic mass is 14.0. The zero-order chi connectivity index (χ0) is 3.58. The molecule has 0 radical (unpaired) electrons. The Morgan fingerprint density at radius 3 is 1.40 bits per heavy atom. The van der Waals surface area contributed by atoms with E-state index < -0.39 is 11.4 Å². The van der Waals surface area contributed by atoms with E-state index in [1.165, 1.54) is 0 Å². The molecule has 4 nitrogen and oxygen atoms in total. The van der Waals surface area contributed by atoms with Gasteiger partial charge in [-0.05, 0) is 0 Å². The van der Waals surface area contributed by atoms with Crippen LogP contribution in [0.5, 0.6) is 0 Å². The summed E-state index contributed by atoms with van der Waals surface area (Å²) < 4.78 is 22.8. The van der Waals surface area contributed by atoms with Gasteiger partial charge in [0.1, 0.15) is 0 Å². The van der Waals surface area contributed by atoms with Gasteiger partial charge in [0.05, 0.1) is 0 Å². The minimum absolute atomic E-state index is 0. The quantitative estimate of drug-likeness (QED) is 0.368. The maximum Gasteiger partial charge on any atom is 0.299 e. The van der Waals surface area contributed by atoms with Crippen molar-refractivity contribution in [3.63, 3.8) is 0 Å². The van der Waals surface area contributed by atoms with Crippen molar-refractivity contribution in [2.24, 2.45) is 0 Å². The fourth-order valence-electron chi connectivity index (χ4n) is 0. The van der Waals surface area contributed by atoms with E-state index in [1.807, 2.05) is 0 Å². The van der Waals surface area contributed by atoms with Crippen LogP contribution in [0.1, 0.15) is 0 Å². The van der Waals surface area contributed by atoms with Gasteiger partial charge in [0.15, 0.2) is 0 Å². The van der Waals surface area contributed by atoms with E-state index in [0.29, 0.717) is 0 Å². The average molecular weight is 99.1 g/mol. The fraction of sp³-hybridized carbons (Fsp3) is 0. The van der Waals surface area contributed by atoms with Gasteiger partial charge >= 0.3 is 0 Å². The molecule has 0 amide bonds. The van der Waals surface area contributed by atoms with Crippen LogP contribution in [0.4, 0.5) is 0 Å². The van der Waals surface area contributed by atoms with E-state index in [-0.39, 0.29) is 6.15 Å². The lowest BCUT2D eigenvalue weighted by Gasteiger charge is -1.59. The van der Waals surface area contributed by atoms with Crippen molar-refractivity contribution >= 4 is 11.4 Å². The van der Waals surface area contributed by atoms with Crippen LogP contribution in [0.3, 0.4) is 0 Å². The highest BCUT2D eigenvalue weighted by Gasteiger charge is 1.62. The van der Waals surface area contributed by atoms with Gasteiger partial charge in [-0.25, -0.2) is 0 Å². The van der Waals surface area contributed by atoms with Gasteiger partial charge in [-0.15, -0.1) is 0 Å². The molecule has 0 fully saturated rings. The topological polar surface area (TPSA) is 92.5 Å². The Kier molecular flexibility index (Phi) is 7.17. The van der Waals surface area contributed by atoms with Crippen LogP contribution < -0.4 is 6.15 Å². The molecule has 5 heteroatoms. The minimum Gasteiger partial charge on any atom is -0.344 e. The van der Waals surface area contributed by atoms with Gasteiger partial charge in [0.2, 0.25) is 0 Å². The fourth-order valence-corrected chi connectivity index (χ4v) is 0. The predicted octanol–water partition coefficient (Wildman–Crippen LogP) is -0.157. The third kappa shape index (κ3) is 18500. The molecule has 5 N–H and O–H groups in total. The summed E-state index contributed by atoms with van der Waals surface area (Å²) in [6.07, 6.45) is 0. The van der Waals surface area contributed by atoms with Crippen molar-refractivity contribution in [1.29, 1.82) is 0 Å². The lowest BCUT2D eigenvalue weighted by Crippen LogP contribution is -1.74. The Labute approximate surface area is 31.9 Å². The van der Waals surface area contributed by atoms with Gasteiger partial charge < -0.3 is 6.15 Å². The number of hydrogen-bond acceptors (Lipinski definition) is 2. The van der Waals surface area contributed by atoms with Crippen LogP contribution in [0.2, 0.25) is 0 Å². The molecule has 0 spiro atoms. The molecule has 0 aromatic rings. The highest BCUT2D eigenvalue weighted by Crippen LogP contribution is 1.44. The third-order valence-corrected chi connectivity index (χ3v) is 0. The van der Waals surface area contributed by atoms with E-state index >= 15 is 0 Å². The van der Waals surface area contributed by atoms with Gasteiger partial charge in [-0.3, -0.25) is 9.11 Å². The van der Waals surface area contributed by atoms with Crippen LogP contribution in [0, 0.1) is 0 Å². The minimum atomic E-state index is -2.61. The summed E-state index contributed by atoms with van der Waals surface area (Å²) in [4.78, 5) is 0. The molecule has 0 unspecified atom stereocenters. The second-order valence-corrected chi connectivity index (χ2v) is 0.692. The largest absolute Gasteiger partial charge is 0.344 e. The van der Waals surface area contributed by atoms with Crippen LogP contribution >= 0.6 is 0 Å². The van der Waals surface area contributed by atoms with E-state index in [1.54, 1.807) is 0 Å². The van der Waals surface area contributed by atoms with Crippen molar-refractivity contribution in [3.8, 4) is 0 Å². The Balaban J connectivity index is 0. The molecule has 0 aromatic carbocycles. The maximum atomic E-state index is 8.67. The summed E-state index contributed by atoms with van der Waals surface area (Å²) >= 11 is -2.61. The van der Waals surface area contributed by atoms with Crippen molar-refractivity contribution < 1.29 is 13.3 Å². The molecule has 5 heavy (non-hydrogen) atoms. The Bertz CT molecular complexity index is 29.9. The first kappa shape index (κ1) is 8.90. The van der Waals surface area contributed by atoms with E-state index in [0.717, 1.165) is 0 Å². The smallest absolute Gasteiger partial charge is 0.299 e. The SMILES string of the molecule is N.O=S(O)O. The van der Waals surface area contributed by atoms with E-state index in [9.17, 15) is 0 Å². The first-order chi connectivity index (χ1) is 1.73. The Morgan fingerprint density at radius 2 is 1.40 bits per heavy atom. The monoisotopic (exact) mass is 99.0 g/mol. The maximum absolute atomic E-state index is 8.67. The molecule has 0 aliphatic heterocycles. The lowest BCUT2D eigenvalue weighted by molar-refractivity contribution is 0.454. The molecule has 0 atom stereocenters. The molecule has 0 saturated heterocycles. The van der Waals surface area contributed by atoms with Gasteiger partial charge in [-0.2, -0.15) is 4.21 Å². The molecule has 34 valence electrons. The molecule has 0 heterocycles. The molecular formula is H5NO3S. The Hall–Kier alpha value is 0.0300. The van der Waals surface area contributed by atoms with Crippen molar-refractivity contribution in [1.82, 2.24) is 6.15 Å². The molecular weight excluding hydrogens is 94.1 g/mol. The van der Waals surface area contributed by atoms with E-state index in [4.69, 9.17) is 13.3 Å². The summed E-state index contributed by atoms with van der Waals surface area (Å²) in [5, 5.41) is 0. The number of rotatable bonds is 0. The molecule has 0 aliphatic carbocycles. The van der Waals surface area contributed by atoms with E-state index in [2.05, 4.69) is 0 Å². The van der Waals surface area contributed by atoms with Crippen LogP contribution in [0.15, 0.2) is 0 Å². The van der Waals surface area contributed by atoms with Gasteiger partial charge in [-0.1, -0.05) is 0 Å². The summed E-state index contributed by atoms with van der Waals surface area (Å²) in [7, 11) is 0. The normalized spacial score (nSPS) is 7.00. The average Bonchev–Trinajstić information content (AvgIpc) is 0.811. The first-order valence-corrected chi connectivity index (χ1v) is 1.60. The summed E-state index contributed by atoms with van der Waals surface area (Å²) in [6.45, 7) is 0. The second kappa shape index (κ2) is 4.03. The highest BCUT2D eigenvalue weighted by atomic mass is 32.2. The zero-order valence-electron chi connectivity index (χ0n) is 2.42. The van der Waals surface area contributed by atoms with Gasteiger partial charge in [0, 0.05) is 0 Å². The molecule has 0 bridgehead atoms. The van der Waals surface area contributed by atoms with Crippen molar-refractivity contribution in [3.05, 3.63) is 0 Å². The third-order valence-electron chi connectivity index (χ3n) is 0. The van der Waals surface area contributed by atoms with Crippen molar-refractivity contribution in [2.75, 3.05) is 0 Å². The highest BCUT2D eigenvalue weighted by molar-refractivity contribution is 7.73. The summed E-state index contributed by atoms with van der Waals surface area (Å²) in [5.41, 5.74) is 0. The van der Waals surface area contributed by atoms with Crippen LogP contribution in [0.25, 0.3) is 0 Å². The second-order valence-electron chi connectivity index (χ2n) is 0.231. The Morgan fingerprint density at radius 1 is 1.40 bits per heavy atom. The zero-order valence-corrected chi connectivity index (χ0v) is 3.23. The van der Waals surface area contributed by atoms with Crippen LogP contribution in [-0.4, -0.2) is 13.3 Å². The van der Waals surface area contributed by atoms with Crippen molar-refractivity contribution in [2.45, 2.75) is 0 Å². The predicted molar refractivity (Wildman–Crippen MR) is 18.4 cm³/mol. The molecule has 0 aromatic heterocycles. The molecule has 0 saturated carbocycles. The first-order valence-electron chi connectivity index (χ1n) is 0.532. The molecule has 0 aliphatic rings.